The van der Waals surface area contributed by atoms with Gasteiger partial charge in [-0.2, -0.15) is 0 Å². The summed E-state index contributed by atoms with van der Waals surface area (Å²) in [4.78, 5) is 12.0. The van der Waals surface area contributed by atoms with E-state index in [4.69, 9.17) is 15.2 Å². The highest BCUT2D eigenvalue weighted by atomic mass is 35.5. The first-order valence-corrected chi connectivity index (χ1v) is 7.21. The van der Waals surface area contributed by atoms with Gasteiger partial charge in [0.2, 0.25) is 12.7 Å². The molecule has 116 valence electrons. The number of anilines is 2. The number of carbonyl (C=O) groups excluding carboxylic acids is 1. The molecule has 1 aromatic rings. The molecule has 2 aliphatic rings. The van der Waals surface area contributed by atoms with E-state index >= 15 is 0 Å². The lowest BCUT2D eigenvalue weighted by Crippen LogP contribution is -2.14. The van der Waals surface area contributed by atoms with Gasteiger partial charge < -0.3 is 20.5 Å². The Morgan fingerprint density at radius 2 is 1.90 bits per heavy atom. The molecule has 1 amide bonds. The van der Waals surface area contributed by atoms with Gasteiger partial charge in [0.1, 0.15) is 0 Å². The topological polar surface area (TPSA) is 73.6 Å². The van der Waals surface area contributed by atoms with Gasteiger partial charge >= 0.3 is 0 Å². The molecule has 21 heavy (non-hydrogen) atoms. The van der Waals surface area contributed by atoms with Crippen LogP contribution in [-0.2, 0) is 4.79 Å². The minimum absolute atomic E-state index is 0. The number of benzene rings is 1. The quantitative estimate of drug-likeness (QED) is 0.836. The summed E-state index contributed by atoms with van der Waals surface area (Å²) < 4.78 is 10.5. The molecule has 0 bridgehead atoms. The lowest BCUT2D eigenvalue weighted by Gasteiger charge is -2.11. The Morgan fingerprint density at radius 1 is 1.24 bits per heavy atom. The van der Waals surface area contributed by atoms with Crippen molar-refractivity contribution in [3.8, 4) is 11.5 Å². The average Bonchev–Trinajstić information content (AvgIpc) is 3.07. The highest BCUT2D eigenvalue weighted by molar-refractivity contribution is 5.94. The number of carbonyl (C=O) groups is 1. The predicted octanol–water partition coefficient (Wildman–Crippen LogP) is 3.33. The standard InChI is InChI=1S/C15H20N2O3.ClH/c16-11-7-13-14(20-9-19-13)8-12(11)17-15(18)6-5-10-3-1-2-4-10;/h7-8,10H,1-6,9,16H2,(H,17,18);1H. The number of nitrogens with two attached hydrogens (primary N) is 1. The van der Waals surface area contributed by atoms with Crippen LogP contribution in [0.25, 0.3) is 0 Å². The van der Waals surface area contributed by atoms with Crippen molar-refractivity contribution in [3.05, 3.63) is 12.1 Å². The van der Waals surface area contributed by atoms with Crippen molar-refractivity contribution in [2.24, 2.45) is 5.92 Å². The number of amides is 1. The lowest BCUT2D eigenvalue weighted by molar-refractivity contribution is -0.116. The normalized spacial score (nSPS) is 16.6. The molecule has 1 fully saturated rings. The summed E-state index contributed by atoms with van der Waals surface area (Å²) in [6.07, 6.45) is 6.66. The minimum Gasteiger partial charge on any atom is -0.454 e. The molecular formula is C15H21ClN2O3. The third kappa shape index (κ3) is 3.73. The summed E-state index contributed by atoms with van der Waals surface area (Å²) in [6, 6.07) is 3.42. The minimum atomic E-state index is 0. The number of fused-ring (bicyclic) bond motifs is 1. The molecule has 3 N–H and O–H groups in total. The van der Waals surface area contributed by atoms with Crippen LogP contribution >= 0.6 is 12.4 Å². The van der Waals surface area contributed by atoms with Crippen molar-refractivity contribution in [1.29, 1.82) is 0 Å². The molecule has 1 aliphatic heterocycles. The molecule has 0 atom stereocenters. The first-order valence-electron chi connectivity index (χ1n) is 7.21. The molecule has 1 saturated carbocycles. The largest absolute Gasteiger partial charge is 0.454 e. The maximum atomic E-state index is 12.0. The van der Waals surface area contributed by atoms with Crippen LogP contribution in [0.3, 0.4) is 0 Å². The fraction of sp³-hybridized carbons (Fsp3) is 0.533. The molecule has 5 nitrogen and oxygen atoms in total. The van der Waals surface area contributed by atoms with Crippen molar-refractivity contribution in [2.75, 3.05) is 17.8 Å². The molecule has 1 aromatic carbocycles. The molecule has 1 heterocycles. The highest BCUT2D eigenvalue weighted by Gasteiger charge is 2.19. The van der Waals surface area contributed by atoms with E-state index in [-0.39, 0.29) is 25.1 Å². The van der Waals surface area contributed by atoms with Crippen LogP contribution in [0, 0.1) is 5.92 Å². The summed E-state index contributed by atoms with van der Waals surface area (Å²) >= 11 is 0. The second-order valence-electron chi connectivity index (χ2n) is 5.53. The number of ether oxygens (including phenoxy) is 2. The number of halogens is 1. The Balaban J connectivity index is 0.00000161. The number of nitrogen functional groups attached to an aromatic ring is 1. The molecule has 0 radical (unpaired) electrons. The van der Waals surface area contributed by atoms with Crippen LogP contribution < -0.4 is 20.5 Å². The molecule has 3 rings (SSSR count). The summed E-state index contributed by atoms with van der Waals surface area (Å²) in [5.41, 5.74) is 7.02. The van der Waals surface area contributed by atoms with Gasteiger partial charge in [-0.05, 0) is 12.3 Å². The van der Waals surface area contributed by atoms with Gasteiger partial charge in [-0.25, -0.2) is 0 Å². The fourth-order valence-corrected chi connectivity index (χ4v) is 2.91. The molecule has 0 saturated heterocycles. The van der Waals surface area contributed by atoms with Crippen LogP contribution in [0.5, 0.6) is 11.5 Å². The summed E-state index contributed by atoms with van der Waals surface area (Å²) in [6.45, 7) is 0.202. The van der Waals surface area contributed by atoms with Gasteiger partial charge in [0.25, 0.3) is 0 Å². The first-order chi connectivity index (χ1) is 9.72. The maximum absolute atomic E-state index is 12.0. The van der Waals surface area contributed by atoms with E-state index < -0.39 is 0 Å². The Bertz CT molecular complexity index is 516. The summed E-state index contributed by atoms with van der Waals surface area (Å²) in [5.74, 6) is 1.99. The number of hydrogen-bond donors (Lipinski definition) is 2. The van der Waals surface area contributed by atoms with Crippen molar-refractivity contribution < 1.29 is 14.3 Å². The van der Waals surface area contributed by atoms with E-state index in [0.717, 1.165) is 12.3 Å². The summed E-state index contributed by atoms with van der Waals surface area (Å²) in [7, 11) is 0. The Hall–Kier alpha value is -1.62. The molecule has 6 heteroatoms. The van der Waals surface area contributed by atoms with E-state index in [1.165, 1.54) is 25.7 Å². The molecule has 0 aromatic heterocycles. The zero-order valence-corrected chi connectivity index (χ0v) is 12.7. The monoisotopic (exact) mass is 312 g/mol. The molecular weight excluding hydrogens is 292 g/mol. The molecule has 0 unspecified atom stereocenters. The van der Waals surface area contributed by atoms with E-state index in [1.807, 2.05) is 0 Å². The first kappa shape index (κ1) is 15.8. The maximum Gasteiger partial charge on any atom is 0.231 e. The number of hydrogen-bond acceptors (Lipinski definition) is 4. The van der Waals surface area contributed by atoms with E-state index in [0.29, 0.717) is 29.3 Å². The van der Waals surface area contributed by atoms with E-state index in [2.05, 4.69) is 5.32 Å². The number of rotatable bonds is 4. The van der Waals surface area contributed by atoms with E-state index in [9.17, 15) is 4.79 Å². The van der Waals surface area contributed by atoms with Crippen LogP contribution in [0.2, 0.25) is 0 Å². The van der Waals surface area contributed by atoms with Crippen LogP contribution in [0.4, 0.5) is 11.4 Å². The third-order valence-corrected chi connectivity index (χ3v) is 4.07. The lowest BCUT2D eigenvalue weighted by atomic mass is 10.0. The third-order valence-electron chi connectivity index (χ3n) is 4.07. The smallest absolute Gasteiger partial charge is 0.231 e. The van der Waals surface area contributed by atoms with Crippen molar-refractivity contribution in [1.82, 2.24) is 0 Å². The zero-order chi connectivity index (χ0) is 13.9. The van der Waals surface area contributed by atoms with E-state index in [1.54, 1.807) is 12.1 Å². The fourth-order valence-electron chi connectivity index (χ4n) is 2.91. The van der Waals surface area contributed by atoms with Crippen LogP contribution in [0.15, 0.2) is 12.1 Å². The van der Waals surface area contributed by atoms with Crippen LogP contribution in [0.1, 0.15) is 38.5 Å². The van der Waals surface area contributed by atoms with Gasteiger partial charge in [-0.15, -0.1) is 12.4 Å². The van der Waals surface area contributed by atoms with Gasteiger partial charge in [-0.1, -0.05) is 25.7 Å². The predicted molar refractivity (Wildman–Crippen MR) is 84.0 cm³/mol. The average molecular weight is 313 g/mol. The van der Waals surface area contributed by atoms with Gasteiger partial charge in [0, 0.05) is 18.6 Å². The Kier molecular flexibility index (Phi) is 5.17. The van der Waals surface area contributed by atoms with Gasteiger partial charge in [0.05, 0.1) is 11.4 Å². The second kappa shape index (κ2) is 6.89. The van der Waals surface area contributed by atoms with Crippen molar-refractivity contribution in [2.45, 2.75) is 38.5 Å². The number of nitrogens with one attached hydrogen (secondary N) is 1. The van der Waals surface area contributed by atoms with Crippen LogP contribution in [-0.4, -0.2) is 12.7 Å². The zero-order valence-electron chi connectivity index (χ0n) is 11.9. The SMILES string of the molecule is Cl.Nc1cc2c(cc1NC(=O)CCC1CCCC1)OCO2. The second-order valence-corrected chi connectivity index (χ2v) is 5.53. The van der Waals surface area contributed by atoms with Crippen molar-refractivity contribution in [3.63, 3.8) is 0 Å². The Labute approximate surface area is 130 Å². The van der Waals surface area contributed by atoms with Crippen molar-refractivity contribution >= 4 is 29.7 Å². The highest BCUT2D eigenvalue weighted by Crippen LogP contribution is 2.38. The Morgan fingerprint density at radius 3 is 2.62 bits per heavy atom. The molecule has 1 aliphatic carbocycles. The van der Waals surface area contributed by atoms with Gasteiger partial charge in [-0.3, -0.25) is 4.79 Å². The molecule has 0 spiro atoms. The summed E-state index contributed by atoms with van der Waals surface area (Å²) in [5, 5.41) is 2.86. The van der Waals surface area contributed by atoms with Gasteiger partial charge in [0.15, 0.2) is 11.5 Å².